The van der Waals surface area contributed by atoms with Crippen LogP contribution in [-0.4, -0.2) is 43.9 Å². The third-order valence-corrected chi connectivity index (χ3v) is 1.29. The van der Waals surface area contributed by atoms with Crippen LogP contribution in [0, 0.1) is 0 Å². The molecule has 0 aliphatic carbocycles. The minimum atomic E-state index is -2.74. The summed E-state index contributed by atoms with van der Waals surface area (Å²) in [6, 6.07) is 0. The van der Waals surface area contributed by atoms with Crippen molar-refractivity contribution in [2.45, 2.75) is 18.4 Å². The molecule has 0 rings (SSSR count). The summed E-state index contributed by atoms with van der Waals surface area (Å²) in [5.74, 6) is -5.02. The van der Waals surface area contributed by atoms with Crippen molar-refractivity contribution in [2.24, 2.45) is 0 Å². The minimum Gasteiger partial charge on any atom is -0.481 e. The van der Waals surface area contributed by atoms with Crippen molar-refractivity contribution in [1.29, 1.82) is 0 Å². The van der Waals surface area contributed by atoms with Gasteiger partial charge in [0.25, 0.3) is 0 Å². The first kappa shape index (κ1) is 15.4. The Morgan fingerprint density at radius 2 is 1.21 bits per heavy atom. The van der Waals surface area contributed by atoms with Crippen LogP contribution in [0.2, 0.25) is 0 Å². The third-order valence-electron chi connectivity index (χ3n) is 1.29. The Morgan fingerprint density at radius 3 is 1.36 bits per heavy atom. The van der Waals surface area contributed by atoms with Crippen molar-refractivity contribution >= 4 is 17.9 Å². The quantitative estimate of drug-likeness (QED) is 0.479. The van der Waals surface area contributed by atoms with Crippen LogP contribution in [0.15, 0.2) is 0 Å². The number of carbonyl (C=O) groups is 3. The second-order valence-corrected chi connectivity index (χ2v) is 2.48. The maximum absolute atomic E-state index is 10.3. The zero-order chi connectivity index (χ0) is 10.6. The van der Waals surface area contributed by atoms with E-state index in [9.17, 15) is 14.4 Å². The van der Waals surface area contributed by atoms with E-state index < -0.39 is 36.4 Å². The fourth-order valence-electron chi connectivity index (χ4n) is 0.714. The van der Waals surface area contributed by atoms with Gasteiger partial charge in [-0.25, -0.2) is 4.79 Å². The predicted molar refractivity (Wildman–Crippen MR) is 37.1 cm³/mol. The molecule has 0 heterocycles. The Morgan fingerprint density at radius 1 is 0.929 bits per heavy atom. The molecule has 0 amide bonds. The first-order chi connectivity index (χ1) is 5.78. The van der Waals surface area contributed by atoms with E-state index in [-0.39, 0.29) is 16.8 Å². The summed E-state index contributed by atoms with van der Waals surface area (Å²) in [6.07, 6.45) is -2.29. The molecule has 0 spiro atoms. The van der Waals surface area contributed by atoms with E-state index in [4.69, 9.17) is 20.4 Å². The van der Waals surface area contributed by atoms with Crippen LogP contribution in [0.4, 0.5) is 0 Å². The maximum Gasteiger partial charge on any atom is 0.336 e. The number of carboxylic acid groups (broad SMARTS) is 3. The van der Waals surface area contributed by atoms with Crippen LogP contribution in [0.25, 0.3) is 0 Å². The molecule has 0 aliphatic rings. The molecule has 0 saturated carbocycles. The molecule has 0 aliphatic heterocycles. The van der Waals surface area contributed by atoms with Gasteiger partial charge in [-0.3, -0.25) is 9.59 Å². The number of hydrogen-bond donors (Lipinski definition) is 4. The topological polar surface area (TPSA) is 132 Å². The van der Waals surface area contributed by atoms with E-state index >= 15 is 0 Å². The average Bonchev–Trinajstić information content (AvgIpc) is 1.82. The standard InChI is InChI=1S/C6H8O7.Co/c7-3(8)1-6(13,5(11)12)2-4(9)10;/h13H,1-2H2,(H,7,8)(H,9,10)(H,11,12);. The van der Waals surface area contributed by atoms with E-state index in [0.29, 0.717) is 0 Å². The number of aliphatic carboxylic acids is 3. The molecule has 0 atom stereocenters. The Bertz CT molecular complexity index is 233. The molecule has 0 aromatic rings. The summed E-state index contributed by atoms with van der Waals surface area (Å²) in [5, 5.41) is 33.8. The first-order valence-electron chi connectivity index (χ1n) is 3.17. The maximum atomic E-state index is 10.3. The normalized spacial score (nSPS) is 10.1. The van der Waals surface area contributed by atoms with Gasteiger partial charge in [-0.05, 0) is 0 Å². The summed E-state index contributed by atoms with van der Waals surface area (Å²) in [5.41, 5.74) is -2.74. The molecule has 0 fully saturated rings. The molecule has 0 aromatic heterocycles. The third kappa shape index (κ3) is 4.79. The summed E-state index contributed by atoms with van der Waals surface area (Å²) in [7, 11) is 0. The number of aliphatic hydroxyl groups is 1. The molecule has 1 radical (unpaired) electrons. The Balaban J connectivity index is 0. The molecule has 0 bridgehead atoms. The minimum absolute atomic E-state index is 0. The van der Waals surface area contributed by atoms with Gasteiger partial charge in [0.1, 0.15) is 0 Å². The largest absolute Gasteiger partial charge is 0.481 e. The molecule has 0 aromatic carbocycles. The van der Waals surface area contributed by atoms with Gasteiger partial charge < -0.3 is 20.4 Å². The second kappa shape index (κ2) is 5.57. The van der Waals surface area contributed by atoms with Crippen molar-refractivity contribution in [1.82, 2.24) is 0 Å². The average molecular weight is 251 g/mol. The van der Waals surface area contributed by atoms with Gasteiger partial charge >= 0.3 is 17.9 Å². The second-order valence-electron chi connectivity index (χ2n) is 2.48. The SMILES string of the molecule is O=C(O)CC(O)(CC(=O)O)C(=O)O.[Co]. The summed E-state index contributed by atoms with van der Waals surface area (Å²) in [4.78, 5) is 30.5. The molecule has 14 heavy (non-hydrogen) atoms. The fraction of sp³-hybridized carbons (Fsp3) is 0.500. The van der Waals surface area contributed by atoms with E-state index in [2.05, 4.69) is 0 Å². The van der Waals surface area contributed by atoms with E-state index in [1.54, 1.807) is 0 Å². The summed E-state index contributed by atoms with van der Waals surface area (Å²) < 4.78 is 0. The van der Waals surface area contributed by atoms with Gasteiger partial charge in [0.15, 0.2) is 5.60 Å². The predicted octanol–water partition coefficient (Wildman–Crippen LogP) is -1.25. The van der Waals surface area contributed by atoms with Gasteiger partial charge in [0, 0.05) is 16.8 Å². The van der Waals surface area contributed by atoms with E-state index in [0.717, 1.165) is 0 Å². The summed E-state index contributed by atoms with van der Waals surface area (Å²) >= 11 is 0. The van der Waals surface area contributed by atoms with Crippen molar-refractivity contribution in [2.75, 3.05) is 0 Å². The monoisotopic (exact) mass is 251 g/mol. The zero-order valence-electron chi connectivity index (χ0n) is 6.76. The fourth-order valence-corrected chi connectivity index (χ4v) is 0.714. The van der Waals surface area contributed by atoms with E-state index in [1.807, 2.05) is 0 Å². The smallest absolute Gasteiger partial charge is 0.336 e. The van der Waals surface area contributed by atoms with Crippen LogP contribution >= 0.6 is 0 Å². The molecule has 4 N–H and O–H groups in total. The number of rotatable bonds is 5. The first-order valence-corrected chi connectivity index (χ1v) is 3.17. The van der Waals surface area contributed by atoms with Crippen LogP contribution < -0.4 is 0 Å². The van der Waals surface area contributed by atoms with Gasteiger partial charge in [0.05, 0.1) is 12.8 Å². The van der Waals surface area contributed by atoms with Gasteiger partial charge in [-0.15, -0.1) is 0 Å². The molecule has 7 nitrogen and oxygen atoms in total. The molecular weight excluding hydrogens is 243 g/mol. The van der Waals surface area contributed by atoms with Gasteiger partial charge in [-0.1, -0.05) is 0 Å². The Kier molecular flexibility index (Phi) is 6.11. The Hall–Kier alpha value is -1.12. The Labute approximate surface area is 88.5 Å². The number of carboxylic acids is 3. The van der Waals surface area contributed by atoms with E-state index in [1.165, 1.54) is 0 Å². The number of hydrogen-bond acceptors (Lipinski definition) is 4. The van der Waals surface area contributed by atoms with Crippen molar-refractivity contribution in [3.05, 3.63) is 0 Å². The van der Waals surface area contributed by atoms with Crippen molar-refractivity contribution < 1.29 is 51.6 Å². The molecule has 0 unspecified atom stereocenters. The molecule has 83 valence electrons. The summed E-state index contributed by atoms with van der Waals surface area (Å²) in [6.45, 7) is 0. The van der Waals surface area contributed by atoms with Gasteiger partial charge in [-0.2, -0.15) is 0 Å². The molecule has 0 saturated heterocycles. The van der Waals surface area contributed by atoms with Gasteiger partial charge in [0.2, 0.25) is 0 Å². The van der Waals surface area contributed by atoms with Crippen LogP contribution in [0.5, 0.6) is 0 Å². The van der Waals surface area contributed by atoms with Crippen LogP contribution in [0.3, 0.4) is 0 Å². The molecular formula is C6H8CoO7. The zero-order valence-corrected chi connectivity index (χ0v) is 7.80. The van der Waals surface area contributed by atoms with Crippen molar-refractivity contribution in [3.8, 4) is 0 Å². The van der Waals surface area contributed by atoms with Crippen LogP contribution in [-0.2, 0) is 31.2 Å². The molecule has 8 heteroatoms. The van der Waals surface area contributed by atoms with Crippen LogP contribution in [0.1, 0.15) is 12.8 Å². The van der Waals surface area contributed by atoms with Crippen molar-refractivity contribution in [3.63, 3.8) is 0 Å².